The van der Waals surface area contributed by atoms with Gasteiger partial charge in [0.25, 0.3) is 0 Å². The number of hydrogen-bond donors (Lipinski definition) is 1. The molecule has 1 aromatic heterocycles. The van der Waals surface area contributed by atoms with Gasteiger partial charge < -0.3 is 10.0 Å². The molecule has 0 saturated heterocycles. The van der Waals surface area contributed by atoms with Crippen LogP contribution in [0.4, 0.5) is 0 Å². The molecule has 0 radical (unpaired) electrons. The highest BCUT2D eigenvalue weighted by Crippen LogP contribution is 2.03. The van der Waals surface area contributed by atoms with Crippen LogP contribution in [0.15, 0.2) is 18.3 Å². The van der Waals surface area contributed by atoms with E-state index in [2.05, 4.69) is 9.88 Å². The Labute approximate surface area is 95.9 Å². The maximum atomic E-state index is 10.3. The molecule has 4 heteroatoms. The summed E-state index contributed by atoms with van der Waals surface area (Å²) in [5.41, 5.74) is 2.17. The number of nitrogens with zero attached hydrogens (tertiary/aromatic N) is 2. The molecule has 0 fully saturated rings. The Bertz CT molecular complexity index is 335. The SMILES string of the molecule is Cc1ccc(CN(C)CCCC(=O)O)nc1. The van der Waals surface area contributed by atoms with Gasteiger partial charge in [0.2, 0.25) is 0 Å². The van der Waals surface area contributed by atoms with Crippen molar-refractivity contribution in [3.63, 3.8) is 0 Å². The summed E-state index contributed by atoms with van der Waals surface area (Å²) in [6.45, 7) is 3.55. The molecule has 0 unspecified atom stereocenters. The Morgan fingerprint density at radius 3 is 2.81 bits per heavy atom. The van der Waals surface area contributed by atoms with Crippen LogP contribution in [0.1, 0.15) is 24.1 Å². The van der Waals surface area contributed by atoms with Gasteiger partial charge >= 0.3 is 5.97 Å². The highest BCUT2D eigenvalue weighted by Gasteiger charge is 2.03. The van der Waals surface area contributed by atoms with E-state index in [4.69, 9.17) is 5.11 Å². The van der Waals surface area contributed by atoms with Gasteiger partial charge in [0, 0.05) is 19.2 Å². The van der Waals surface area contributed by atoms with Crippen molar-refractivity contribution in [3.05, 3.63) is 29.6 Å². The topological polar surface area (TPSA) is 53.4 Å². The molecular formula is C12H18N2O2. The Morgan fingerprint density at radius 2 is 2.25 bits per heavy atom. The van der Waals surface area contributed by atoms with Crippen molar-refractivity contribution in [2.45, 2.75) is 26.3 Å². The number of carboxylic acids is 1. The molecule has 0 aliphatic carbocycles. The molecule has 88 valence electrons. The number of aromatic nitrogens is 1. The first-order valence-electron chi connectivity index (χ1n) is 5.40. The second-order valence-electron chi connectivity index (χ2n) is 4.06. The average molecular weight is 222 g/mol. The molecule has 1 aromatic rings. The van der Waals surface area contributed by atoms with Crippen molar-refractivity contribution in [3.8, 4) is 0 Å². The Hall–Kier alpha value is -1.42. The average Bonchev–Trinajstić information content (AvgIpc) is 2.21. The Balaban J connectivity index is 2.31. The van der Waals surface area contributed by atoms with Crippen molar-refractivity contribution in [1.29, 1.82) is 0 Å². The van der Waals surface area contributed by atoms with Crippen LogP contribution in [0, 0.1) is 6.92 Å². The van der Waals surface area contributed by atoms with Gasteiger partial charge in [0.15, 0.2) is 0 Å². The highest BCUT2D eigenvalue weighted by molar-refractivity contribution is 5.66. The molecule has 0 saturated carbocycles. The Morgan fingerprint density at radius 1 is 1.50 bits per heavy atom. The third kappa shape index (κ3) is 4.89. The zero-order valence-corrected chi connectivity index (χ0v) is 9.81. The zero-order chi connectivity index (χ0) is 12.0. The summed E-state index contributed by atoms with van der Waals surface area (Å²) in [6.07, 6.45) is 2.75. The van der Waals surface area contributed by atoms with Crippen molar-refractivity contribution >= 4 is 5.97 Å². The zero-order valence-electron chi connectivity index (χ0n) is 9.81. The summed E-state index contributed by atoms with van der Waals surface area (Å²) in [4.78, 5) is 16.7. The van der Waals surface area contributed by atoms with Gasteiger partial charge in [-0.15, -0.1) is 0 Å². The number of rotatable bonds is 6. The normalized spacial score (nSPS) is 10.7. The van der Waals surface area contributed by atoms with Crippen molar-refractivity contribution in [2.24, 2.45) is 0 Å². The minimum atomic E-state index is -0.734. The van der Waals surface area contributed by atoms with Gasteiger partial charge in [-0.1, -0.05) is 6.07 Å². The maximum Gasteiger partial charge on any atom is 0.303 e. The van der Waals surface area contributed by atoms with E-state index >= 15 is 0 Å². The summed E-state index contributed by atoms with van der Waals surface area (Å²) in [5.74, 6) is -0.734. The lowest BCUT2D eigenvalue weighted by Gasteiger charge is -2.15. The second kappa shape index (κ2) is 6.23. The van der Waals surface area contributed by atoms with Gasteiger partial charge in [-0.2, -0.15) is 0 Å². The van der Waals surface area contributed by atoms with Crippen molar-refractivity contribution in [1.82, 2.24) is 9.88 Å². The molecule has 1 heterocycles. The van der Waals surface area contributed by atoms with Gasteiger partial charge in [0.05, 0.1) is 5.69 Å². The lowest BCUT2D eigenvalue weighted by molar-refractivity contribution is -0.137. The summed E-state index contributed by atoms with van der Waals surface area (Å²) < 4.78 is 0. The third-order valence-corrected chi connectivity index (χ3v) is 2.34. The maximum absolute atomic E-state index is 10.3. The van der Waals surface area contributed by atoms with Crippen LogP contribution in [0.3, 0.4) is 0 Å². The first-order chi connectivity index (χ1) is 7.58. The summed E-state index contributed by atoms with van der Waals surface area (Å²) in [6, 6.07) is 4.04. The van der Waals surface area contributed by atoms with E-state index in [9.17, 15) is 4.79 Å². The summed E-state index contributed by atoms with van der Waals surface area (Å²) in [5, 5.41) is 8.52. The number of aliphatic carboxylic acids is 1. The van der Waals surface area contributed by atoms with Crippen molar-refractivity contribution in [2.75, 3.05) is 13.6 Å². The number of aryl methyl sites for hydroxylation is 1. The van der Waals surface area contributed by atoms with E-state index in [1.165, 1.54) is 0 Å². The minimum Gasteiger partial charge on any atom is -0.481 e. The van der Waals surface area contributed by atoms with E-state index in [1.807, 2.05) is 32.3 Å². The Kier molecular flexibility index (Phi) is 4.92. The van der Waals surface area contributed by atoms with Gasteiger partial charge in [0.1, 0.15) is 0 Å². The molecular weight excluding hydrogens is 204 g/mol. The first-order valence-corrected chi connectivity index (χ1v) is 5.40. The lowest BCUT2D eigenvalue weighted by atomic mass is 10.2. The molecule has 0 aliphatic rings. The number of pyridine rings is 1. The number of carboxylic acid groups (broad SMARTS) is 1. The third-order valence-electron chi connectivity index (χ3n) is 2.34. The highest BCUT2D eigenvalue weighted by atomic mass is 16.4. The summed E-state index contributed by atoms with van der Waals surface area (Å²) in [7, 11) is 1.98. The number of carbonyl (C=O) groups is 1. The summed E-state index contributed by atoms with van der Waals surface area (Å²) >= 11 is 0. The molecule has 0 amide bonds. The molecule has 0 aromatic carbocycles. The molecule has 1 N–H and O–H groups in total. The van der Waals surface area contributed by atoms with Crippen LogP contribution in [0.25, 0.3) is 0 Å². The predicted molar refractivity (Wildman–Crippen MR) is 62.2 cm³/mol. The molecule has 0 bridgehead atoms. The second-order valence-corrected chi connectivity index (χ2v) is 4.06. The smallest absolute Gasteiger partial charge is 0.303 e. The van der Waals surface area contributed by atoms with E-state index in [-0.39, 0.29) is 6.42 Å². The monoisotopic (exact) mass is 222 g/mol. The standard InChI is InChI=1S/C12H18N2O2/c1-10-5-6-11(13-8-10)9-14(2)7-3-4-12(15)16/h5-6,8H,3-4,7,9H2,1-2H3,(H,15,16). The van der Waals surface area contributed by atoms with Gasteiger partial charge in [-0.05, 0) is 38.6 Å². The van der Waals surface area contributed by atoms with Crippen LogP contribution in [-0.4, -0.2) is 34.6 Å². The van der Waals surface area contributed by atoms with Crippen LogP contribution in [-0.2, 0) is 11.3 Å². The fourth-order valence-electron chi connectivity index (χ4n) is 1.45. The minimum absolute atomic E-state index is 0.228. The van der Waals surface area contributed by atoms with Crippen LogP contribution in [0.2, 0.25) is 0 Å². The first kappa shape index (κ1) is 12.6. The molecule has 1 rings (SSSR count). The molecule has 0 aliphatic heterocycles. The largest absolute Gasteiger partial charge is 0.481 e. The van der Waals surface area contributed by atoms with E-state index in [1.54, 1.807) is 0 Å². The predicted octanol–water partition coefficient (Wildman–Crippen LogP) is 1.69. The lowest BCUT2D eigenvalue weighted by Crippen LogP contribution is -2.20. The molecule has 16 heavy (non-hydrogen) atoms. The fraction of sp³-hybridized carbons (Fsp3) is 0.500. The molecule has 0 atom stereocenters. The van der Waals surface area contributed by atoms with E-state index in [0.717, 1.165) is 24.3 Å². The van der Waals surface area contributed by atoms with Gasteiger partial charge in [-0.3, -0.25) is 9.78 Å². The molecule has 4 nitrogen and oxygen atoms in total. The number of hydrogen-bond acceptors (Lipinski definition) is 3. The van der Waals surface area contributed by atoms with Crippen LogP contribution in [0.5, 0.6) is 0 Å². The quantitative estimate of drug-likeness (QED) is 0.795. The van der Waals surface area contributed by atoms with Crippen molar-refractivity contribution < 1.29 is 9.90 Å². The van der Waals surface area contributed by atoms with E-state index < -0.39 is 5.97 Å². The fourth-order valence-corrected chi connectivity index (χ4v) is 1.45. The van der Waals surface area contributed by atoms with E-state index in [0.29, 0.717) is 6.42 Å². The van der Waals surface area contributed by atoms with Gasteiger partial charge in [-0.25, -0.2) is 0 Å². The van der Waals surface area contributed by atoms with Crippen LogP contribution >= 0.6 is 0 Å². The van der Waals surface area contributed by atoms with Crippen LogP contribution < -0.4 is 0 Å². The molecule has 0 spiro atoms.